The van der Waals surface area contributed by atoms with Crippen molar-refractivity contribution in [1.82, 2.24) is 14.6 Å². The van der Waals surface area contributed by atoms with Crippen molar-refractivity contribution >= 4 is 39.8 Å². The van der Waals surface area contributed by atoms with E-state index in [1.54, 1.807) is 6.92 Å². The highest BCUT2D eigenvalue weighted by molar-refractivity contribution is 7.18. The van der Waals surface area contributed by atoms with Gasteiger partial charge < -0.3 is 15.8 Å². The van der Waals surface area contributed by atoms with Crippen molar-refractivity contribution in [3.63, 3.8) is 0 Å². The van der Waals surface area contributed by atoms with Crippen LogP contribution in [-0.4, -0.2) is 39.0 Å². The SMILES string of the molecule is CCOC(=O)c1c(NC(=O)c2cc3nc(-c4ccc(F)cc4)cc(C(F)(F)F)n3n2)sc(C(N)=O)c1C. The van der Waals surface area contributed by atoms with Gasteiger partial charge in [0.25, 0.3) is 11.8 Å². The Balaban J connectivity index is 1.78. The van der Waals surface area contributed by atoms with Crippen LogP contribution in [0, 0.1) is 12.7 Å². The lowest BCUT2D eigenvalue weighted by Gasteiger charge is -2.11. The summed E-state index contributed by atoms with van der Waals surface area (Å²) in [5.74, 6) is -3.20. The van der Waals surface area contributed by atoms with Gasteiger partial charge in [0.05, 0.1) is 22.7 Å². The summed E-state index contributed by atoms with van der Waals surface area (Å²) in [6, 6.07) is 6.45. The molecule has 0 aliphatic carbocycles. The van der Waals surface area contributed by atoms with Gasteiger partial charge in [-0.2, -0.15) is 18.3 Å². The number of nitrogens with two attached hydrogens (primary N) is 1. The molecule has 4 aromatic rings. The predicted molar refractivity (Wildman–Crippen MR) is 125 cm³/mol. The molecule has 3 heterocycles. The number of amides is 2. The van der Waals surface area contributed by atoms with Crippen LogP contribution in [0.3, 0.4) is 0 Å². The Morgan fingerprint density at radius 3 is 2.43 bits per heavy atom. The van der Waals surface area contributed by atoms with Crippen LogP contribution in [0.5, 0.6) is 0 Å². The summed E-state index contributed by atoms with van der Waals surface area (Å²) in [6.45, 7) is 3.02. The minimum atomic E-state index is -4.87. The topological polar surface area (TPSA) is 129 Å². The van der Waals surface area contributed by atoms with Gasteiger partial charge in [0.1, 0.15) is 10.8 Å². The number of thiophene rings is 1. The van der Waals surface area contributed by atoms with Crippen molar-refractivity contribution in [3.05, 3.63) is 69.6 Å². The fraction of sp³-hybridized carbons (Fsp3) is 0.174. The van der Waals surface area contributed by atoms with Gasteiger partial charge in [-0.15, -0.1) is 11.3 Å². The standard InChI is InChI=1S/C23H17F4N5O4S/c1-3-36-22(35)17-10(2)18(19(28)33)37-21(17)30-20(34)14-9-16-29-13(11-4-6-12(24)7-5-11)8-15(23(25,26)27)32(16)31-14/h4-9H,3H2,1-2H3,(H2,28,33)(H,30,34). The summed E-state index contributed by atoms with van der Waals surface area (Å²) in [6.07, 6.45) is -4.87. The fourth-order valence-corrected chi connectivity index (χ4v) is 4.55. The maximum Gasteiger partial charge on any atom is 0.433 e. The number of hydrogen-bond donors (Lipinski definition) is 2. The minimum absolute atomic E-state index is 0.00156. The van der Waals surface area contributed by atoms with E-state index in [9.17, 15) is 31.9 Å². The molecular formula is C23H17F4N5O4S. The smallest absolute Gasteiger partial charge is 0.433 e. The number of rotatable bonds is 6. The molecule has 0 saturated carbocycles. The first kappa shape index (κ1) is 25.8. The molecule has 9 nitrogen and oxygen atoms in total. The zero-order chi connectivity index (χ0) is 27.1. The van der Waals surface area contributed by atoms with Gasteiger partial charge in [-0.05, 0) is 49.7 Å². The van der Waals surface area contributed by atoms with Crippen molar-refractivity contribution in [2.24, 2.45) is 5.73 Å². The highest BCUT2D eigenvalue weighted by Crippen LogP contribution is 2.35. The second-order valence-corrected chi connectivity index (χ2v) is 8.65. The number of anilines is 1. The highest BCUT2D eigenvalue weighted by Gasteiger charge is 2.36. The number of nitrogens with zero attached hydrogens (tertiary/aromatic N) is 3. The number of hydrogen-bond acceptors (Lipinski definition) is 7. The first-order chi connectivity index (χ1) is 17.4. The number of ether oxygens (including phenoxy) is 1. The molecule has 0 atom stereocenters. The number of primary amides is 1. The highest BCUT2D eigenvalue weighted by atomic mass is 32.1. The number of halogens is 4. The lowest BCUT2D eigenvalue weighted by molar-refractivity contribution is -0.142. The van der Waals surface area contributed by atoms with Crippen molar-refractivity contribution in [2.75, 3.05) is 11.9 Å². The Morgan fingerprint density at radius 2 is 1.84 bits per heavy atom. The van der Waals surface area contributed by atoms with Crippen LogP contribution in [0.15, 0.2) is 36.4 Å². The second-order valence-electron chi connectivity index (χ2n) is 7.63. The summed E-state index contributed by atoms with van der Waals surface area (Å²) in [5, 5.41) is 6.08. The summed E-state index contributed by atoms with van der Waals surface area (Å²) < 4.78 is 60.2. The fourth-order valence-electron chi connectivity index (χ4n) is 3.51. The number of esters is 1. The molecule has 0 aliphatic rings. The van der Waals surface area contributed by atoms with Gasteiger partial charge in [0, 0.05) is 11.6 Å². The van der Waals surface area contributed by atoms with Gasteiger partial charge in [-0.25, -0.2) is 18.7 Å². The first-order valence-electron chi connectivity index (χ1n) is 10.6. The van der Waals surface area contributed by atoms with Crippen molar-refractivity contribution in [3.8, 4) is 11.3 Å². The van der Waals surface area contributed by atoms with E-state index in [1.807, 2.05) is 0 Å². The van der Waals surface area contributed by atoms with Crippen molar-refractivity contribution in [2.45, 2.75) is 20.0 Å². The van der Waals surface area contributed by atoms with E-state index in [4.69, 9.17) is 10.5 Å². The lowest BCUT2D eigenvalue weighted by atomic mass is 10.1. The number of carbonyl (C=O) groups excluding carboxylic acids is 3. The molecule has 3 N–H and O–H groups in total. The Bertz CT molecular complexity index is 1540. The molecule has 192 valence electrons. The molecule has 0 aliphatic heterocycles. The third-order valence-electron chi connectivity index (χ3n) is 5.17. The van der Waals surface area contributed by atoms with Gasteiger partial charge in [-0.1, -0.05) is 0 Å². The van der Waals surface area contributed by atoms with E-state index in [1.165, 1.54) is 19.1 Å². The van der Waals surface area contributed by atoms with Crippen molar-refractivity contribution < 1.29 is 36.7 Å². The number of benzene rings is 1. The largest absolute Gasteiger partial charge is 0.462 e. The number of nitrogens with one attached hydrogen (secondary N) is 1. The summed E-state index contributed by atoms with van der Waals surface area (Å²) in [7, 11) is 0. The zero-order valence-electron chi connectivity index (χ0n) is 19.1. The average molecular weight is 535 g/mol. The Labute approximate surface area is 209 Å². The Hall–Kier alpha value is -4.33. The molecule has 2 amide bonds. The van der Waals surface area contributed by atoms with Crippen LogP contribution in [0.4, 0.5) is 22.6 Å². The van der Waals surface area contributed by atoms with Gasteiger partial charge in [0.2, 0.25) is 0 Å². The quantitative estimate of drug-likeness (QED) is 0.277. The lowest BCUT2D eigenvalue weighted by Crippen LogP contribution is -2.17. The van der Waals surface area contributed by atoms with Crippen molar-refractivity contribution in [1.29, 1.82) is 0 Å². The molecule has 0 bridgehead atoms. The molecule has 3 aromatic heterocycles. The van der Waals surface area contributed by atoms with Crippen LogP contribution in [0.2, 0.25) is 0 Å². The molecule has 37 heavy (non-hydrogen) atoms. The first-order valence-corrected chi connectivity index (χ1v) is 11.4. The zero-order valence-corrected chi connectivity index (χ0v) is 20.0. The summed E-state index contributed by atoms with van der Waals surface area (Å²) in [5.41, 5.74) is 3.56. The monoisotopic (exact) mass is 535 g/mol. The van der Waals surface area contributed by atoms with E-state index in [0.29, 0.717) is 4.52 Å². The van der Waals surface area contributed by atoms with Gasteiger partial charge in [-0.3, -0.25) is 9.59 Å². The van der Waals surface area contributed by atoms with Gasteiger partial charge >= 0.3 is 12.1 Å². The Kier molecular flexibility index (Phi) is 6.69. The van der Waals surface area contributed by atoms with Crippen LogP contribution < -0.4 is 11.1 Å². The minimum Gasteiger partial charge on any atom is -0.462 e. The van der Waals surface area contributed by atoms with E-state index in [0.717, 1.165) is 35.6 Å². The maximum absolute atomic E-state index is 13.8. The molecule has 0 fully saturated rings. The van der Waals surface area contributed by atoms with E-state index in [-0.39, 0.29) is 44.5 Å². The van der Waals surface area contributed by atoms with E-state index >= 15 is 0 Å². The molecule has 0 unspecified atom stereocenters. The third kappa shape index (κ3) is 5.00. The van der Waals surface area contributed by atoms with E-state index in [2.05, 4.69) is 15.4 Å². The molecular weight excluding hydrogens is 518 g/mol. The molecule has 0 saturated heterocycles. The summed E-state index contributed by atoms with van der Waals surface area (Å²) >= 11 is 0.718. The normalized spacial score (nSPS) is 11.5. The second kappa shape index (κ2) is 9.61. The predicted octanol–water partition coefficient (Wildman–Crippen LogP) is 4.45. The molecule has 4 rings (SSSR count). The van der Waals surface area contributed by atoms with Crippen LogP contribution in [0.1, 0.15) is 48.7 Å². The third-order valence-corrected chi connectivity index (χ3v) is 6.39. The van der Waals surface area contributed by atoms with Gasteiger partial charge in [0.15, 0.2) is 17.0 Å². The summed E-state index contributed by atoms with van der Waals surface area (Å²) in [4.78, 5) is 41.3. The average Bonchev–Trinajstić information content (AvgIpc) is 3.39. The Morgan fingerprint density at radius 1 is 1.16 bits per heavy atom. The number of carbonyl (C=O) groups is 3. The van der Waals surface area contributed by atoms with E-state index < -0.39 is 41.2 Å². The number of aromatic nitrogens is 3. The molecule has 0 radical (unpaired) electrons. The maximum atomic E-state index is 13.8. The molecule has 1 aromatic carbocycles. The van der Waals surface area contributed by atoms with Crippen LogP contribution >= 0.6 is 11.3 Å². The molecule has 14 heteroatoms. The molecule has 0 spiro atoms. The van der Waals surface area contributed by atoms with Crippen LogP contribution in [0.25, 0.3) is 16.9 Å². The van der Waals surface area contributed by atoms with Crippen LogP contribution in [-0.2, 0) is 10.9 Å². The number of fused-ring (bicyclic) bond motifs is 1. The number of alkyl halides is 3.